The largest absolute Gasteiger partial charge is 0.475 e. The third kappa shape index (κ3) is 1.84. The maximum absolute atomic E-state index is 10.7. The minimum absolute atomic E-state index is 0.0324. The highest BCUT2D eigenvalue weighted by molar-refractivity contribution is 5.85. The van der Waals surface area contributed by atoms with Gasteiger partial charge in [0.1, 0.15) is 5.76 Å². The van der Waals surface area contributed by atoms with E-state index in [1.54, 1.807) is 6.07 Å². The van der Waals surface area contributed by atoms with Gasteiger partial charge in [-0.1, -0.05) is 23.8 Å². The van der Waals surface area contributed by atoms with Crippen molar-refractivity contribution < 1.29 is 14.3 Å². The van der Waals surface area contributed by atoms with Crippen LogP contribution in [0.2, 0.25) is 0 Å². The van der Waals surface area contributed by atoms with E-state index >= 15 is 0 Å². The zero-order valence-electron chi connectivity index (χ0n) is 9.15. The molecule has 0 saturated heterocycles. The SMILES string of the molecule is Cc1ccc(-c2ccc(C(=O)O)o2)c(C)c1. The van der Waals surface area contributed by atoms with Crippen LogP contribution in [-0.4, -0.2) is 11.1 Å². The molecule has 0 amide bonds. The molecule has 1 aromatic carbocycles. The van der Waals surface area contributed by atoms with Crippen LogP contribution in [0.3, 0.4) is 0 Å². The van der Waals surface area contributed by atoms with Crippen LogP contribution in [0.15, 0.2) is 34.7 Å². The summed E-state index contributed by atoms with van der Waals surface area (Å²) in [6.45, 7) is 3.99. The lowest BCUT2D eigenvalue weighted by atomic mass is 10.0. The number of furan rings is 1. The second-order valence-corrected chi connectivity index (χ2v) is 3.79. The monoisotopic (exact) mass is 216 g/mol. The van der Waals surface area contributed by atoms with Gasteiger partial charge in [0, 0.05) is 5.56 Å². The Morgan fingerprint density at radius 1 is 1.19 bits per heavy atom. The Kier molecular flexibility index (Phi) is 2.52. The summed E-state index contributed by atoms with van der Waals surface area (Å²) in [5.74, 6) is -0.485. The first-order valence-corrected chi connectivity index (χ1v) is 4.98. The number of benzene rings is 1. The van der Waals surface area contributed by atoms with Crippen LogP contribution in [0.25, 0.3) is 11.3 Å². The third-order valence-electron chi connectivity index (χ3n) is 2.46. The first-order chi connectivity index (χ1) is 7.58. The molecule has 3 nitrogen and oxygen atoms in total. The van der Waals surface area contributed by atoms with Crippen LogP contribution in [0.4, 0.5) is 0 Å². The van der Waals surface area contributed by atoms with Crippen molar-refractivity contribution in [2.24, 2.45) is 0 Å². The van der Waals surface area contributed by atoms with Gasteiger partial charge in [-0.25, -0.2) is 4.79 Å². The van der Waals surface area contributed by atoms with Gasteiger partial charge in [0.2, 0.25) is 5.76 Å². The molecule has 0 fully saturated rings. The van der Waals surface area contributed by atoms with Gasteiger partial charge in [0.25, 0.3) is 0 Å². The molecule has 2 rings (SSSR count). The van der Waals surface area contributed by atoms with Crippen LogP contribution in [0.5, 0.6) is 0 Å². The molecule has 0 aliphatic heterocycles. The zero-order chi connectivity index (χ0) is 11.7. The molecule has 1 aromatic heterocycles. The Morgan fingerprint density at radius 3 is 2.50 bits per heavy atom. The summed E-state index contributed by atoms with van der Waals surface area (Å²) in [4.78, 5) is 10.7. The Bertz CT molecular complexity index is 538. The standard InChI is InChI=1S/C13H12O3/c1-8-3-4-10(9(2)7-8)11-5-6-12(16-11)13(14)15/h3-7H,1-2H3,(H,14,15). The summed E-state index contributed by atoms with van der Waals surface area (Å²) in [5, 5.41) is 8.76. The van der Waals surface area contributed by atoms with Crippen LogP contribution in [-0.2, 0) is 0 Å². The van der Waals surface area contributed by atoms with E-state index in [4.69, 9.17) is 9.52 Å². The average Bonchev–Trinajstić information content (AvgIpc) is 2.66. The lowest BCUT2D eigenvalue weighted by Crippen LogP contribution is -1.91. The van der Waals surface area contributed by atoms with Crippen LogP contribution >= 0.6 is 0 Å². The van der Waals surface area contributed by atoms with Crippen molar-refractivity contribution in [3.05, 3.63) is 47.2 Å². The molecule has 0 spiro atoms. The molecule has 0 radical (unpaired) electrons. The molecule has 1 heterocycles. The van der Waals surface area contributed by atoms with Crippen molar-refractivity contribution in [3.63, 3.8) is 0 Å². The van der Waals surface area contributed by atoms with Crippen LogP contribution in [0.1, 0.15) is 21.7 Å². The molecule has 0 atom stereocenters. The Hall–Kier alpha value is -2.03. The molecule has 0 unspecified atom stereocenters. The fourth-order valence-corrected chi connectivity index (χ4v) is 1.69. The fourth-order valence-electron chi connectivity index (χ4n) is 1.69. The lowest BCUT2D eigenvalue weighted by Gasteiger charge is -2.03. The van der Waals surface area contributed by atoms with Crippen LogP contribution < -0.4 is 0 Å². The Balaban J connectivity index is 2.46. The first-order valence-electron chi connectivity index (χ1n) is 4.98. The normalized spacial score (nSPS) is 10.4. The number of aromatic carboxylic acids is 1. The van der Waals surface area contributed by atoms with Gasteiger partial charge in [-0.15, -0.1) is 0 Å². The summed E-state index contributed by atoms with van der Waals surface area (Å²) in [7, 11) is 0. The molecule has 0 aliphatic rings. The molecular formula is C13H12O3. The van der Waals surface area contributed by atoms with Crippen molar-refractivity contribution in [2.45, 2.75) is 13.8 Å². The van der Waals surface area contributed by atoms with E-state index < -0.39 is 5.97 Å². The van der Waals surface area contributed by atoms with Gasteiger partial charge < -0.3 is 9.52 Å². The average molecular weight is 216 g/mol. The third-order valence-corrected chi connectivity index (χ3v) is 2.46. The van der Waals surface area contributed by atoms with E-state index in [1.165, 1.54) is 11.6 Å². The summed E-state index contributed by atoms with van der Waals surface area (Å²) in [6.07, 6.45) is 0. The predicted octanol–water partition coefficient (Wildman–Crippen LogP) is 3.26. The van der Waals surface area contributed by atoms with E-state index in [9.17, 15) is 4.79 Å². The number of carboxylic acid groups (broad SMARTS) is 1. The molecular weight excluding hydrogens is 204 g/mol. The van der Waals surface area contributed by atoms with E-state index in [0.717, 1.165) is 11.1 Å². The minimum atomic E-state index is -1.05. The maximum atomic E-state index is 10.7. The molecule has 0 bridgehead atoms. The van der Waals surface area contributed by atoms with Crippen molar-refractivity contribution in [1.29, 1.82) is 0 Å². The van der Waals surface area contributed by atoms with Gasteiger partial charge in [-0.05, 0) is 31.5 Å². The highest BCUT2D eigenvalue weighted by atomic mass is 16.4. The second kappa shape index (κ2) is 3.85. The summed E-state index contributed by atoms with van der Waals surface area (Å²) in [5.41, 5.74) is 3.18. The van der Waals surface area contributed by atoms with Gasteiger partial charge in [-0.3, -0.25) is 0 Å². The number of hydrogen-bond donors (Lipinski definition) is 1. The van der Waals surface area contributed by atoms with E-state index in [1.807, 2.05) is 32.0 Å². The van der Waals surface area contributed by atoms with E-state index in [-0.39, 0.29) is 5.76 Å². The number of aryl methyl sites for hydroxylation is 2. The van der Waals surface area contributed by atoms with Crippen molar-refractivity contribution in [2.75, 3.05) is 0 Å². The Labute approximate surface area is 93.3 Å². The molecule has 1 N–H and O–H groups in total. The maximum Gasteiger partial charge on any atom is 0.371 e. The lowest BCUT2D eigenvalue weighted by molar-refractivity contribution is 0.0663. The molecule has 0 saturated carbocycles. The highest BCUT2D eigenvalue weighted by Crippen LogP contribution is 2.26. The smallest absolute Gasteiger partial charge is 0.371 e. The van der Waals surface area contributed by atoms with Crippen molar-refractivity contribution >= 4 is 5.97 Å². The number of rotatable bonds is 2. The van der Waals surface area contributed by atoms with Gasteiger partial charge in [0.15, 0.2) is 0 Å². The topological polar surface area (TPSA) is 50.4 Å². The quantitative estimate of drug-likeness (QED) is 0.838. The number of carbonyl (C=O) groups is 1. The van der Waals surface area contributed by atoms with Gasteiger partial charge in [0.05, 0.1) is 0 Å². The molecule has 82 valence electrons. The highest BCUT2D eigenvalue weighted by Gasteiger charge is 2.11. The van der Waals surface area contributed by atoms with E-state index in [2.05, 4.69) is 0 Å². The first kappa shape index (κ1) is 10.5. The molecule has 3 heteroatoms. The van der Waals surface area contributed by atoms with Crippen molar-refractivity contribution in [1.82, 2.24) is 0 Å². The molecule has 2 aromatic rings. The Morgan fingerprint density at radius 2 is 1.94 bits per heavy atom. The predicted molar refractivity (Wildman–Crippen MR) is 60.6 cm³/mol. The zero-order valence-corrected chi connectivity index (χ0v) is 9.15. The second-order valence-electron chi connectivity index (χ2n) is 3.79. The van der Waals surface area contributed by atoms with Gasteiger partial charge >= 0.3 is 5.97 Å². The summed E-state index contributed by atoms with van der Waals surface area (Å²) >= 11 is 0. The summed E-state index contributed by atoms with van der Waals surface area (Å²) < 4.78 is 5.25. The van der Waals surface area contributed by atoms with E-state index in [0.29, 0.717) is 5.76 Å². The summed E-state index contributed by atoms with van der Waals surface area (Å²) in [6, 6.07) is 9.11. The number of carboxylic acids is 1. The fraction of sp³-hybridized carbons (Fsp3) is 0.154. The van der Waals surface area contributed by atoms with Crippen molar-refractivity contribution in [3.8, 4) is 11.3 Å². The van der Waals surface area contributed by atoms with Crippen LogP contribution in [0, 0.1) is 13.8 Å². The van der Waals surface area contributed by atoms with Gasteiger partial charge in [-0.2, -0.15) is 0 Å². The minimum Gasteiger partial charge on any atom is -0.475 e. The molecule has 0 aliphatic carbocycles. The number of hydrogen-bond acceptors (Lipinski definition) is 2. The molecule has 16 heavy (non-hydrogen) atoms.